The van der Waals surface area contributed by atoms with Gasteiger partial charge >= 0.3 is 0 Å². The Morgan fingerprint density at radius 1 is 1.00 bits per heavy atom. The first-order chi connectivity index (χ1) is 10.6. The molecule has 0 atom stereocenters. The molecule has 4 aliphatic rings. The van der Waals surface area contributed by atoms with Crippen molar-refractivity contribution >= 4 is 23.6 Å². The molecule has 0 unspecified atom stereocenters. The number of nitrogens with one attached hydrogen (secondary N) is 2. The van der Waals surface area contributed by atoms with Gasteiger partial charge in [-0.1, -0.05) is 6.92 Å². The molecule has 2 N–H and O–H groups in total. The van der Waals surface area contributed by atoms with Crippen LogP contribution in [0.5, 0.6) is 0 Å². The quantitative estimate of drug-likeness (QED) is 0.756. The Morgan fingerprint density at radius 3 is 2.14 bits per heavy atom. The topological polar surface area (TPSA) is 58.2 Å². The summed E-state index contributed by atoms with van der Waals surface area (Å²) in [5.74, 6) is 3.18. The third-order valence-electron chi connectivity index (χ3n) is 5.51. The van der Waals surface area contributed by atoms with Gasteiger partial charge in [-0.2, -0.15) is 0 Å². The van der Waals surface area contributed by atoms with Crippen molar-refractivity contribution in [2.45, 2.75) is 56.6 Å². The first-order valence-electron chi connectivity index (χ1n) is 8.76. The van der Waals surface area contributed by atoms with Gasteiger partial charge in [-0.25, -0.2) is 0 Å². The van der Waals surface area contributed by atoms with E-state index >= 15 is 0 Å². The largest absolute Gasteiger partial charge is 0.355 e. The summed E-state index contributed by atoms with van der Waals surface area (Å²) in [4.78, 5) is 23.5. The number of thioether (sulfide) groups is 1. The summed E-state index contributed by atoms with van der Waals surface area (Å²) < 4.78 is 0.372. The fourth-order valence-corrected chi connectivity index (χ4v) is 6.58. The Labute approximate surface area is 137 Å². The van der Waals surface area contributed by atoms with E-state index in [-0.39, 0.29) is 18.4 Å². The van der Waals surface area contributed by atoms with Crippen LogP contribution < -0.4 is 10.6 Å². The van der Waals surface area contributed by atoms with E-state index in [9.17, 15) is 9.59 Å². The summed E-state index contributed by atoms with van der Waals surface area (Å²) in [7, 11) is 0. The van der Waals surface area contributed by atoms with Gasteiger partial charge in [-0.05, 0) is 62.7 Å². The van der Waals surface area contributed by atoms with Crippen LogP contribution in [-0.2, 0) is 9.59 Å². The predicted molar refractivity (Wildman–Crippen MR) is 89.7 cm³/mol. The average Bonchev–Trinajstić information content (AvgIpc) is 2.47. The van der Waals surface area contributed by atoms with Crippen LogP contribution in [0.25, 0.3) is 0 Å². The van der Waals surface area contributed by atoms with Crippen LogP contribution in [0.1, 0.15) is 51.9 Å². The highest BCUT2D eigenvalue weighted by Crippen LogP contribution is 2.60. The van der Waals surface area contributed by atoms with Gasteiger partial charge in [-0.3, -0.25) is 9.59 Å². The molecule has 4 saturated carbocycles. The maximum absolute atomic E-state index is 12.0. The summed E-state index contributed by atoms with van der Waals surface area (Å²) in [6.45, 7) is 2.80. The number of carbonyl (C=O) groups is 2. The van der Waals surface area contributed by atoms with E-state index in [1.807, 2.05) is 18.7 Å². The molecule has 124 valence electrons. The molecular weight excluding hydrogens is 296 g/mol. The summed E-state index contributed by atoms with van der Waals surface area (Å²) in [5.41, 5.74) is 0. The fourth-order valence-electron chi connectivity index (χ4n) is 4.98. The zero-order valence-corrected chi connectivity index (χ0v) is 14.3. The van der Waals surface area contributed by atoms with Gasteiger partial charge in [0.1, 0.15) is 0 Å². The molecule has 0 aromatic carbocycles. The van der Waals surface area contributed by atoms with Gasteiger partial charge in [0.15, 0.2) is 0 Å². The monoisotopic (exact) mass is 324 g/mol. The molecule has 4 aliphatic carbocycles. The number of amides is 2. The summed E-state index contributed by atoms with van der Waals surface area (Å²) in [6, 6.07) is 0. The Kier molecular flexibility index (Phi) is 5.00. The van der Waals surface area contributed by atoms with E-state index in [1.54, 1.807) is 0 Å². The van der Waals surface area contributed by atoms with Gasteiger partial charge in [0.2, 0.25) is 11.8 Å². The maximum atomic E-state index is 12.0. The molecule has 0 aromatic heterocycles. The molecule has 4 fully saturated rings. The number of hydrogen-bond acceptors (Lipinski definition) is 3. The normalized spacial score (nSPS) is 35.4. The molecule has 22 heavy (non-hydrogen) atoms. The summed E-state index contributed by atoms with van der Waals surface area (Å²) >= 11 is 1.87. The first kappa shape index (κ1) is 16.2. The Morgan fingerprint density at radius 2 is 1.59 bits per heavy atom. The highest BCUT2D eigenvalue weighted by molar-refractivity contribution is 8.01. The second-order valence-electron chi connectivity index (χ2n) is 7.52. The van der Waals surface area contributed by atoms with Crippen LogP contribution in [0, 0.1) is 17.8 Å². The average molecular weight is 324 g/mol. The molecule has 0 aromatic rings. The van der Waals surface area contributed by atoms with Crippen LogP contribution in [0.4, 0.5) is 0 Å². The van der Waals surface area contributed by atoms with Gasteiger partial charge in [0.05, 0.1) is 12.3 Å². The number of hydrogen-bond donors (Lipinski definition) is 2. The molecule has 4 rings (SSSR count). The second-order valence-corrected chi connectivity index (χ2v) is 8.96. The van der Waals surface area contributed by atoms with Crippen LogP contribution in [-0.4, -0.2) is 35.4 Å². The highest BCUT2D eigenvalue weighted by atomic mass is 32.2. The minimum Gasteiger partial charge on any atom is -0.355 e. The minimum atomic E-state index is -0.0880. The fraction of sp³-hybridized carbons (Fsp3) is 0.882. The van der Waals surface area contributed by atoms with Gasteiger partial charge in [-0.15, -0.1) is 11.8 Å². The van der Waals surface area contributed by atoms with Crippen molar-refractivity contribution in [2.24, 2.45) is 17.8 Å². The lowest BCUT2D eigenvalue weighted by Gasteiger charge is -2.56. The Hall–Kier alpha value is -0.710. The molecule has 4 bridgehead atoms. The van der Waals surface area contributed by atoms with Crippen molar-refractivity contribution in [3.63, 3.8) is 0 Å². The predicted octanol–water partition coefficient (Wildman–Crippen LogP) is 2.33. The first-order valence-corrected chi connectivity index (χ1v) is 9.74. The molecule has 4 nitrogen and oxygen atoms in total. The van der Waals surface area contributed by atoms with Crippen molar-refractivity contribution in [3.8, 4) is 0 Å². The summed E-state index contributed by atoms with van der Waals surface area (Å²) in [6.07, 6.45) is 9.16. The standard InChI is InChI=1S/C17H28N2O2S/c1-2-3-18-15(20)10-19-16(21)11-22-17-7-12-4-13(8-17)6-14(5-12)9-17/h12-14H,2-11H2,1H3,(H,18,20)(H,19,21). The molecule has 0 aliphatic heterocycles. The lowest BCUT2D eigenvalue weighted by Crippen LogP contribution is -2.49. The zero-order chi connectivity index (χ0) is 15.6. The van der Waals surface area contributed by atoms with Crippen LogP contribution in [0.15, 0.2) is 0 Å². The smallest absolute Gasteiger partial charge is 0.239 e. The van der Waals surface area contributed by atoms with E-state index in [4.69, 9.17) is 0 Å². The lowest BCUT2D eigenvalue weighted by atomic mass is 9.56. The van der Waals surface area contributed by atoms with Crippen LogP contribution in [0.2, 0.25) is 0 Å². The summed E-state index contributed by atoms with van der Waals surface area (Å²) in [5, 5.41) is 5.53. The third kappa shape index (κ3) is 3.79. The van der Waals surface area contributed by atoms with Crippen LogP contribution in [0.3, 0.4) is 0 Å². The number of rotatable bonds is 7. The van der Waals surface area contributed by atoms with Gasteiger partial charge < -0.3 is 10.6 Å². The van der Waals surface area contributed by atoms with Gasteiger partial charge in [0, 0.05) is 11.3 Å². The zero-order valence-electron chi connectivity index (χ0n) is 13.5. The van der Waals surface area contributed by atoms with Crippen molar-refractivity contribution in [1.82, 2.24) is 10.6 Å². The molecule has 0 saturated heterocycles. The Bertz CT molecular complexity index is 403. The number of carbonyl (C=O) groups excluding carboxylic acids is 2. The third-order valence-corrected chi connectivity index (χ3v) is 7.03. The van der Waals surface area contributed by atoms with Crippen molar-refractivity contribution < 1.29 is 9.59 Å². The van der Waals surface area contributed by atoms with E-state index in [0.717, 1.165) is 24.2 Å². The second kappa shape index (κ2) is 6.81. The van der Waals surface area contributed by atoms with Crippen molar-refractivity contribution in [3.05, 3.63) is 0 Å². The lowest BCUT2D eigenvalue weighted by molar-refractivity contribution is -0.124. The van der Waals surface area contributed by atoms with E-state index in [1.165, 1.54) is 38.5 Å². The molecule has 2 amide bonds. The van der Waals surface area contributed by atoms with E-state index < -0.39 is 0 Å². The maximum Gasteiger partial charge on any atom is 0.239 e. The molecule has 0 spiro atoms. The molecular formula is C17H28N2O2S. The van der Waals surface area contributed by atoms with Gasteiger partial charge in [0.25, 0.3) is 0 Å². The highest BCUT2D eigenvalue weighted by Gasteiger charge is 2.51. The van der Waals surface area contributed by atoms with E-state index in [0.29, 0.717) is 17.0 Å². The van der Waals surface area contributed by atoms with E-state index in [2.05, 4.69) is 10.6 Å². The molecule has 0 radical (unpaired) electrons. The molecule has 0 heterocycles. The Balaban J connectivity index is 1.41. The van der Waals surface area contributed by atoms with Crippen molar-refractivity contribution in [2.75, 3.05) is 18.8 Å². The van der Waals surface area contributed by atoms with Crippen LogP contribution >= 0.6 is 11.8 Å². The minimum absolute atomic E-state index is 0.00685. The SMILES string of the molecule is CCCNC(=O)CNC(=O)CSC12CC3CC(CC(C3)C1)C2. The van der Waals surface area contributed by atoms with Crippen molar-refractivity contribution in [1.29, 1.82) is 0 Å². The molecule has 5 heteroatoms.